The Kier molecular flexibility index (Phi) is 9.51. The van der Waals surface area contributed by atoms with Crippen LogP contribution in [0.2, 0.25) is 0 Å². The zero-order valence-electron chi connectivity index (χ0n) is 19.4. The molecule has 0 N–H and O–H groups in total. The van der Waals surface area contributed by atoms with Gasteiger partial charge in [-0.15, -0.1) is 0 Å². The highest BCUT2D eigenvalue weighted by molar-refractivity contribution is 9.10. The van der Waals surface area contributed by atoms with Crippen molar-refractivity contribution in [3.63, 3.8) is 0 Å². The summed E-state index contributed by atoms with van der Waals surface area (Å²) >= 11 is 3.73. The highest BCUT2D eigenvalue weighted by atomic mass is 79.9. The van der Waals surface area contributed by atoms with Crippen LogP contribution in [0.1, 0.15) is 57.9 Å². The molecule has 0 radical (unpaired) electrons. The highest BCUT2D eigenvalue weighted by Crippen LogP contribution is 2.29. The SMILES string of the molecule is COC(=O)N1CCCC(CCCN2CCC(Cc3cc(OC(C)C)ccc3Br)CC2)C1. The molecule has 1 amide bonds. The molecule has 6 heteroatoms. The molecule has 0 aromatic heterocycles. The molecule has 1 aromatic carbocycles. The summed E-state index contributed by atoms with van der Waals surface area (Å²) in [6.45, 7) is 9.43. The van der Waals surface area contributed by atoms with E-state index in [9.17, 15) is 4.79 Å². The third-order valence-corrected chi connectivity index (χ3v) is 7.42. The largest absolute Gasteiger partial charge is 0.491 e. The lowest BCUT2D eigenvalue weighted by Gasteiger charge is -2.34. The number of carbonyl (C=O) groups excluding carboxylic acids is 1. The first kappa shape index (κ1) is 24.4. The van der Waals surface area contributed by atoms with Gasteiger partial charge in [-0.25, -0.2) is 4.79 Å². The fourth-order valence-corrected chi connectivity index (χ4v) is 5.39. The fourth-order valence-electron chi connectivity index (χ4n) is 4.98. The normalized spacial score (nSPS) is 20.8. The van der Waals surface area contributed by atoms with Crippen molar-refractivity contribution in [1.29, 1.82) is 0 Å². The molecule has 0 saturated carbocycles. The molecule has 2 fully saturated rings. The minimum atomic E-state index is -0.167. The van der Waals surface area contributed by atoms with Crippen LogP contribution in [0.15, 0.2) is 22.7 Å². The molecule has 0 bridgehead atoms. The number of halogens is 1. The number of hydrogen-bond donors (Lipinski definition) is 0. The van der Waals surface area contributed by atoms with Crippen LogP contribution in [0.4, 0.5) is 4.79 Å². The smallest absolute Gasteiger partial charge is 0.409 e. The van der Waals surface area contributed by atoms with E-state index in [0.29, 0.717) is 5.92 Å². The molecule has 0 aliphatic carbocycles. The van der Waals surface area contributed by atoms with Crippen LogP contribution < -0.4 is 4.74 Å². The zero-order valence-corrected chi connectivity index (χ0v) is 21.0. The van der Waals surface area contributed by atoms with Gasteiger partial charge in [-0.05, 0) is 114 Å². The molecule has 3 rings (SSSR count). The van der Waals surface area contributed by atoms with Crippen LogP contribution in [-0.4, -0.2) is 61.8 Å². The number of piperidine rings is 2. The van der Waals surface area contributed by atoms with Crippen LogP contribution in [0.3, 0.4) is 0 Å². The number of ether oxygens (including phenoxy) is 2. The number of nitrogens with zero attached hydrogens (tertiary/aromatic N) is 2. The van der Waals surface area contributed by atoms with E-state index < -0.39 is 0 Å². The van der Waals surface area contributed by atoms with Crippen LogP contribution in [-0.2, 0) is 11.2 Å². The first-order valence-corrected chi connectivity index (χ1v) is 12.7. The molecule has 2 aliphatic heterocycles. The second-order valence-corrected chi connectivity index (χ2v) is 10.3. The summed E-state index contributed by atoms with van der Waals surface area (Å²) in [5.74, 6) is 2.34. The van der Waals surface area contributed by atoms with E-state index in [-0.39, 0.29) is 12.2 Å². The third kappa shape index (κ3) is 7.67. The number of likely N-dealkylation sites (tertiary alicyclic amines) is 2. The minimum absolute atomic E-state index is 0.167. The van der Waals surface area contributed by atoms with E-state index in [4.69, 9.17) is 9.47 Å². The fraction of sp³-hybridized carbons (Fsp3) is 0.720. The molecular weight excluding hydrogens is 456 g/mol. The summed E-state index contributed by atoms with van der Waals surface area (Å²) in [7, 11) is 1.48. The van der Waals surface area contributed by atoms with Crippen LogP contribution in [0.25, 0.3) is 0 Å². The molecule has 1 atom stereocenters. The monoisotopic (exact) mass is 494 g/mol. The van der Waals surface area contributed by atoms with Crippen LogP contribution in [0, 0.1) is 11.8 Å². The van der Waals surface area contributed by atoms with Gasteiger partial charge in [0.15, 0.2) is 0 Å². The van der Waals surface area contributed by atoms with Crippen molar-refractivity contribution >= 4 is 22.0 Å². The minimum Gasteiger partial charge on any atom is -0.491 e. The number of amides is 1. The van der Waals surface area contributed by atoms with Gasteiger partial charge in [-0.1, -0.05) is 15.9 Å². The summed E-state index contributed by atoms with van der Waals surface area (Å²) < 4.78 is 12.0. The molecule has 2 aliphatic rings. The molecule has 0 spiro atoms. The Morgan fingerprint density at radius 1 is 1.16 bits per heavy atom. The maximum Gasteiger partial charge on any atom is 0.409 e. The van der Waals surface area contributed by atoms with Gasteiger partial charge in [-0.2, -0.15) is 0 Å². The maximum atomic E-state index is 11.8. The Morgan fingerprint density at radius 2 is 1.94 bits per heavy atom. The summed E-state index contributed by atoms with van der Waals surface area (Å²) in [6, 6.07) is 6.37. The number of hydrogen-bond acceptors (Lipinski definition) is 4. The average Bonchev–Trinajstić information content (AvgIpc) is 2.76. The van der Waals surface area contributed by atoms with Crippen molar-refractivity contribution in [2.45, 2.75) is 64.9 Å². The molecular formula is C25H39BrN2O3. The van der Waals surface area contributed by atoms with E-state index in [1.807, 2.05) is 11.0 Å². The summed E-state index contributed by atoms with van der Waals surface area (Å²) in [4.78, 5) is 16.3. The number of methoxy groups -OCH3 is 1. The van der Waals surface area contributed by atoms with Gasteiger partial charge in [0.2, 0.25) is 0 Å². The lowest BCUT2D eigenvalue weighted by molar-refractivity contribution is 0.0987. The van der Waals surface area contributed by atoms with Crippen LogP contribution >= 0.6 is 15.9 Å². The predicted octanol–water partition coefficient (Wildman–Crippen LogP) is 5.75. The van der Waals surface area contributed by atoms with Crippen molar-refractivity contribution < 1.29 is 14.3 Å². The molecule has 5 nitrogen and oxygen atoms in total. The second-order valence-electron chi connectivity index (χ2n) is 9.48. The molecule has 2 saturated heterocycles. The van der Waals surface area contributed by atoms with Crippen molar-refractivity contribution in [3.8, 4) is 5.75 Å². The summed E-state index contributed by atoms with van der Waals surface area (Å²) in [5.41, 5.74) is 1.36. The number of benzene rings is 1. The van der Waals surface area contributed by atoms with Crippen LogP contribution in [0.5, 0.6) is 5.75 Å². The van der Waals surface area contributed by atoms with E-state index in [1.54, 1.807) is 0 Å². The predicted molar refractivity (Wildman–Crippen MR) is 129 cm³/mol. The van der Waals surface area contributed by atoms with E-state index in [1.165, 1.54) is 68.9 Å². The van der Waals surface area contributed by atoms with E-state index in [2.05, 4.69) is 46.8 Å². The Morgan fingerprint density at radius 3 is 2.65 bits per heavy atom. The quantitative estimate of drug-likeness (QED) is 0.461. The zero-order chi connectivity index (χ0) is 22.2. The third-order valence-electron chi connectivity index (χ3n) is 6.64. The molecule has 31 heavy (non-hydrogen) atoms. The Bertz CT molecular complexity index is 704. The van der Waals surface area contributed by atoms with Gasteiger partial charge in [0.05, 0.1) is 13.2 Å². The van der Waals surface area contributed by atoms with Gasteiger partial charge in [0.25, 0.3) is 0 Å². The van der Waals surface area contributed by atoms with Gasteiger partial charge < -0.3 is 19.3 Å². The van der Waals surface area contributed by atoms with Gasteiger partial charge in [0.1, 0.15) is 5.75 Å². The highest BCUT2D eigenvalue weighted by Gasteiger charge is 2.25. The summed E-state index contributed by atoms with van der Waals surface area (Å²) in [6.07, 6.45) is 8.47. The molecule has 1 unspecified atom stereocenters. The standard InChI is InChI=1S/C25H39BrN2O3/c1-19(2)31-23-8-9-24(26)22(17-23)16-20-10-14-27(15-11-20)12-4-6-21-7-5-13-28(18-21)25(29)30-3/h8-9,17,19-21H,4-7,10-16,18H2,1-3H3. The van der Waals surface area contributed by atoms with E-state index in [0.717, 1.165) is 37.6 Å². The second kappa shape index (κ2) is 12.1. The number of rotatable bonds is 8. The Balaban J connectivity index is 1.37. The van der Waals surface area contributed by atoms with Crippen molar-refractivity contribution in [2.24, 2.45) is 11.8 Å². The summed E-state index contributed by atoms with van der Waals surface area (Å²) in [5, 5.41) is 0. The van der Waals surface area contributed by atoms with Crippen molar-refractivity contribution in [1.82, 2.24) is 9.80 Å². The topological polar surface area (TPSA) is 42.0 Å². The lowest BCUT2D eigenvalue weighted by Crippen LogP contribution is -2.40. The molecule has 2 heterocycles. The van der Waals surface area contributed by atoms with Gasteiger partial charge >= 0.3 is 6.09 Å². The Labute approximate surface area is 196 Å². The van der Waals surface area contributed by atoms with Crippen molar-refractivity contribution in [3.05, 3.63) is 28.2 Å². The average molecular weight is 496 g/mol. The van der Waals surface area contributed by atoms with Gasteiger partial charge in [0, 0.05) is 17.6 Å². The van der Waals surface area contributed by atoms with Crippen molar-refractivity contribution in [2.75, 3.05) is 39.8 Å². The molecule has 174 valence electrons. The maximum absolute atomic E-state index is 11.8. The van der Waals surface area contributed by atoms with Gasteiger partial charge in [-0.3, -0.25) is 0 Å². The first-order chi connectivity index (χ1) is 14.9. The first-order valence-electron chi connectivity index (χ1n) is 11.9. The lowest BCUT2D eigenvalue weighted by atomic mass is 9.89. The number of carbonyl (C=O) groups is 1. The van der Waals surface area contributed by atoms with E-state index >= 15 is 0 Å². The molecule has 1 aromatic rings. The Hall–Kier alpha value is -1.27.